The molecule has 1 heterocycles. The van der Waals surface area contributed by atoms with Gasteiger partial charge in [0.15, 0.2) is 17.5 Å². The summed E-state index contributed by atoms with van der Waals surface area (Å²) in [6.07, 6.45) is 3.48. The highest BCUT2D eigenvalue weighted by Crippen LogP contribution is 2.15. The van der Waals surface area contributed by atoms with E-state index in [0.29, 0.717) is 13.2 Å². The zero-order valence-electron chi connectivity index (χ0n) is 10.1. The number of rotatable bonds is 5. The Hall–Kier alpha value is -1.88. The van der Waals surface area contributed by atoms with E-state index in [4.69, 9.17) is 4.74 Å². The van der Waals surface area contributed by atoms with Gasteiger partial charge in [0, 0.05) is 0 Å². The van der Waals surface area contributed by atoms with Crippen molar-refractivity contribution in [3.8, 4) is 0 Å². The van der Waals surface area contributed by atoms with Crippen LogP contribution in [0.2, 0.25) is 0 Å². The Bertz CT molecular complexity index is 541. The van der Waals surface area contributed by atoms with Crippen LogP contribution in [0.3, 0.4) is 0 Å². The number of halogens is 3. The quantitative estimate of drug-likeness (QED) is 0.751. The molecule has 0 aliphatic carbocycles. The Morgan fingerprint density at radius 3 is 2.47 bits per heavy atom. The van der Waals surface area contributed by atoms with Gasteiger partial charge < -0.3 is 4.74 Å². The molecule has 0 spiro atoms. The molecule has 2 nitrogen and oxygen atoms in total. The molecule has 0 radical (unpaired) electrons. The molecule has 0 saturated carbocycles. The van der Waals surface area contributed by atoms with Gasteiger partial charge in [-0.3, -0.25) is 4.99 Å². The maximum absolute atomic E-state index is 13.0. The van der Waals surface area contributed by atoms with Gasteiger partial charge in [-0.05, 0) is 35.4 Å². The van der Waals surface area contributed by atoms with Crippen molar-refractivity contribution < 1.29 is 17.9 Å². The Kier molecular flexibility index (Phi) is 4.16. The first-order chi connectivity index (χ1) is 9.10. The van der Waals surface area contributed by atoms with Gasteiger partial charge in [0.25, 0.3) is 0 Å². The van der Waals surface area contributed by atoms with Gasteiger partial charge >= 0.3 is 0 Å². The van der Waals surface area contributed by atoms with Crippen molar-refractivity contribution >= 4 is 5.71 Å². The van der Waals surface area contributed by atoms with Crippen LogP contribution >= 0.6 is 0 Å². The molecule has 0 saturated heterocycles. The molecule has 100 valence electrons. The molecule has 1 aliphatic rings. The Balaban J connectivity index is 1.89. The van der Waals surface area contributed by atoms with Crippen LogP contribution in [0.15, 0.2) is 41.4 Å². The third kappa shape index (κ3) is 3.32. The van der Waals surface area contributed by atoms with Gasteiger partial charge in [-0.15, -0.1) is 0 Å². The standard InChI is InChI=1S/C14H12F3NO/c1-2-11-3-10(6-18-11)8-19-7-9-4-12(15)14(17)13(16)5-9/h2-5H,1,6-8H2. The summed E-state index contributed by atoms with van der Waals surface area (Å²) in [5, 5.41) is 0. The smallest absolute Gasteiger partial charge is 0.194 e. The lowest BCUT2D eigenvalue weighted by molar-refractivity contribution is 0.141. The first kappa shape index (κ1) is 13.5. The molecule has 1 aliphatic heterocycles. The van der Waals surface area contributed by atoms with Gasteiger partial charge in [-0.2, -0.15) is 0 Å². The summed E-state index contributed by atoms with van der Waals surface area (Å²) < 4.78 is 44.0. The van der Waals surface area contributed by atoms with Gasteiger partial charge in [0.1, 0.15) is 0 Å². The molecule has 19 heavy (non-hydrogen) atoms. The summed E-state index contributed by atoms with van der Waals surface area (Å²) in [6, 6.07) is 1.85. The monoisotopic (exact) mass is 267 g/mol. The van der Waals surface area contributed by atoms with Crippen LogP contribution in [-0.2, 0) is 11.3 Å². The summed E-state index contributed by atoms with van der Waals surface area (Å²) in [7, 11) is 0. The molecule has 5 heteroatoms. The average Bonchev–Trinajstić information content (AvgIpc) is 2.84. The van der Waals surface area contributed by atoms with Crippen LogP contribution in [0.4, 0.5) is 13.2 Å². The SMILES string of the molecule is C=CC1=NCC(COCc2cc(F)c(F)c(F)c2)=C1. The van der Waals surface area contributed by atoms with E-state index >= 15 is 0 Å². The third-order valence-electron chi connectivity index (χ3n) is 2.63. The van der Waals surface area contributed by atoms with E-state index in [1.54, 1.807) is 6.08 Å². The minimum Gasteiger partial charge on any atom is -0.372 e. The van der Waals surface area contributed by atoms with Crippen molar-refractivity contribution in [1.82, 2.24) is 0 Å². The van der Waals surface area contributed by atoms with Crippen molar-refractivity contribution in [3.63, 3.8) is 0 Å². The molecule has 0 aromatic heterocycles. The van der Waals surface area contributed by atoms with E-state index in [2.05, 4.69) is 11.6 Å². The van der Waals surface area contributed by atoms with E-state index < -0.39 is 17.5 Å². The van der Waals surface area contributed by atoms with Crippen LogP contribution in [0.25, 0.3) is 0 Å². The highest BCUT2D eigenvalue weighted by Gasteiger charge is 2.11. The van der Waals surface area contributed by atoms with Crippen molar-refractivity contribution in [1.29, 1.82) is 0 Å². The van der Waals surface area contributed by atoms with Crippen LogP contribution in [0.5, 0.6) is 0 Å². The normalized spacial score (nSPS) is 14.3. The number of hydrogen-bond donors (Lipinski definition) is 0. The summed E-state index contributed by atoms with van der Waals surface area (Å²) in [5.41, 5.74) is 2.00. The summed E-state index contributed by atoms with van der Waals surface area (Å²) in [5.74, 6) is -3.89. The molecule has 0 bridgehead atoms. The third-order valence-corrected chi connectivity index (χ3v) is 2.63. The maximum Gasteiger partial charge on any atom is 0.194 e. The zero-order chi connectivity index (χ0) is 13.8. The second kappa shape index (κ2) is 5.84. The largest absolute Gasteiger partial charge is 0.372 e. The molecule has 0 N–H and O–H groups in total. The first-order valence-corrected chi connectivity index (χ1v) is 5.67. The lowest BCUT2D eigenvalue weighted by Gasteiger charge is -2.05. The number of ether oxygens (including phenoxy) is 1. The highest BCUT2D eigenvalue weighted by molar-refractivity contribution is 6.05. The van der Waals surface area contributed by atoms with Crippen molar-refractivity contribution in [3.05, 3.63) is 59.5 Å². The second-order valence-corrected chi connectivity index (χ2v) is 4.11. The Morgan fingerprint density at radius 2 is 1.89 bits per heavy atom. The molecular formula is C14H12F3NO. The maximum atomic E-state index is 13.0. The van der Waals surface area contributed by atoms with Gasteiger partial charge in [0.05, 0.1) is 25.5 Å². The molecule has 0 fully saturated rings. The van der Waals surface area contributed by atoms with Crippen molar-refractivity contribution in [2.24, 2.45) is 4.99 Å². The molecule has 0 atom stereocenters. The second-order valence-electron chi connectivity index (χ2n) is 4.11. The molecule has 1 aromatic rings. The number of hydrogen-bond acceptors (Lipinski definition) is 2. The lowest BCUT2D eigenvalue weighted by atomic mass is 10.2. The van der Waals surface area contributed by atoms with E-state index in [-0.39, 0.29) is 12.2 Å². The van der Waals surface area contributed by atoms with Crippen LogP contribution in [-0.4, -0.2) is 18.9 Å². The predicted molar refractivity (Wildman–Crippen MR) is 66.6 cm³/mol. The summed E-state index contributed by atoms with van der Waals surface area (Å²) >= 11 is 0. The Labute approximate surface area is 108 Å². The molecule has 1 aromatic carbocycles. The van der Waals surface area contributed by atoms with E-state index in [1.807, 2.05) is 6.08 Å². The molecule has 0 unspecified atom stereocenters. The summed E-state index contributed by atoms with van der Waals surface area (Å²) in [4.78, 5) is 4.16. The molecule has 2 rings (SSSR count). The van der Waals surface area contributed by atoms with E-state index in [1.165, 1.54) is 0 Å². The average molecular weight is 267 g/mol. The fourth-order valence-corrected chi connectivity index (χ4v) is 1.70. The number of aliphatic imine (C=N–C) groups is 1. The fraction of sp³-hybridized carbons (Fsp3) is 0.214. The predicted octanol–water partition coefficient (Wildman–Crippen LogP) is 3.19. The van der Waals surface area contributed by atoms with Crippen LogP contribution in [0.1, 0.15) is 5.56 Å². The first-order valence-electron chi connectivity index (χ1n) is 5.67. The van der Waals surface area contributed by atoms with Crippen molar-refractivity contribution in [2.75, 3.05) is 13.2 Å². The molecular weight excluding hydrogens is 255 g/mol. The summed E-state index contributed by atoms with van der Waals surface area (Å²) in [6.45, 7) is 4.45. The zero-order valence-corrected chi connectivity index (χ0v) is 10.1. The van der Waals surface area contributed by atoms with Crippen molar-refractivity contribution in [2.45, 2.75) is 6.61 Å². The highest BCUT2D eigenvalue weighted by atomic mass is 19.2. The molecule has 0 amide bonds. The van der Waals surface area contributed by atoms with Gasteiger partial charge in [0.2, 0.25) is 0 Å². The van der Waals surface area contributed by atoms with E-state index in [9.17, 15) is 13.2 Å². The topological polar surface area (TPSA) is 21.6 Å². The number of nitrogens with zero attached hydrogens (tertiary/aromatic N) is 1. The van der Waals surface area contributed by atoms with E-state index in [0.717, 1.165) is 23.4 Å². The van der Waals surface area contributed by atoms with Gasteiger partial charge in [-0.25, -0.2) is 13.2 Å². The number of benzene rings is 1. The number of allylic oxidation sites excluding steroid dienone is 2. The fourth-order valence-electron chi connectivity index (χ4n) is 1.70. The Morgan fingerprint density at radius 1 is 1.21 bits per heavy atom. The minimum atomic E-state index is -1.47. The van der Waals surface area contributed by atoms with Crippen LogP contribution < -0.4 is 0 Å². The minimum absolute atomic E-state index is 0.00881. The van der Waals surface area contributed by atoms with Crippen LogP contribution in [0, 0.1) is 17.5 Å². The van der Waals surface area contributed by atoms with Gasteiger partial charge in [-0.1, -0.05) is 6.58 Å². The lowest BCUT2D eigenvalue weighted by Crippen LogP contribution is -2.02.